The Morgan fingerprint density at radius 3 is 2.75 bits per heavy atom. The van der Waals surface area contributed by atoms with Crippen molar-refractivity contribution in [2.24, 2.45) is 5.92 Å². The van der Waals surface area contributed by atoms with Gasteiger partial charge in [-0.15, -0.1) is 0 Å². The second-order valence-corrected chi connectivity index (χ2v) is 5.20. The van der Waals surface area contributed by atoms with Crippen molar-refractivity contribution < 1.29 is 9.84 Å². The zero-order valence-corrected chi connectivity index (χ0v) is 10.4. The van der Waals surface area contributed by atoms with Gasteiger partial charge in [0.25, 0.3) is 0 Å². The van der Waals surface area contributed by atoms with E-state index in [4.69, 9.17) is 16.3 Å². The number of rotatable bonds is 4. The summed E-state index contributed by atoms with van der Waals surface area (Å²) < 4.78 is 5.27. The van der Waals surface area contributed by atoms with Gasteiger partial charge in [0.1, 0.15) is 5.75 Å². The Hall–Kier alpha value is -0.730. The summed E-state index contributed by atoms with van der Waals surface area (Å²) in [6.45, 7) is 1.83. The van der Waals surface area contributed by atoms with Gasteiger partial charge in [-0.2, -0.15) is 0 Å². The molecule has 1 atom stereocenters. The van der Waals surface area contributed by atoms with E-state index in [1.807, 2.05) is 6.92 Å². The summed E-state index contributed by atoms with van der Waals surface area (Å²) >= 11 is 5.97. The number of benzene rings is 1. The third-order valence-electron chi connectivity index (χ3n) is 3.12. The fourth-order valence-electron chi connectivity index (χ4n) is 2.10. The van der Waals surface area contributed by atoms with Crippen LogP contribution in [-0.4, -0.2) is 12.2 Å². The summed E-state index contributed by atoms with van der Waals surface area (Å²) in [4.78, 5) is 0. The number of hydrogen-bond donors (Lipinski definition) is 1. The van der Waals surface area contributed by atoms with Crippen LogP contribution in [0, 0.1) is 5.92 Å². The van der Waals surface area contributed by atoms with Crippen molar-refractivity contribution >= 4 is 11.6 Å². The predicted octanol–water partition coefficient (Wildman–Crippen LogP) is 3.36. The van der Waals surface area contributed by atoms with E-state index in [2.05, 4.69) is 0 Å². The van der Waals surface area contributed by atoms with Crippen molar-refractivity contribution in [1.82, 2.24) is 0 Å². The van der Waals surface area contributed by atoms with E-state index in [9.17, 15) is 5.11 Å². The molecule has 0 spiro atoms. The first kappa shape index (κ1) is 11.7. The van der Waals surface area contributed by atoms with E-state index >= 15 is 0 Å². The van der Waals surface area contributed by atoms with Crippen molar-refractivity contribution in [3.8, 4) is 5.75 Å². The summed E-state index contributed by atoms with van der Waals surface area (Å²) in [5.74, 6) is 1.36. The van der Waals surface area contributed by atoms with E-state index in [1.54, 1.807) is 25.3 Å². The Labute approximate surface area is 101 Å². The fraction of sp³-hybridized carbons (Fsp3) is 0.538. The van der Waals surface area contributed by atoms with Crippen molar-refractivity contribution in [2.45, 2.75) is 31.8 Å². The van der Waals surface area contributed by atoms with E-state index in [0.29, 0.717) is 16.7 Å². The van der Waals surface area contributed by atoms with Gasteiger partial charge in [0, 0.05) is 10.6 Å². The molecule has 0 aliphatic heterocycles. The van der Waals surface area contributed by atoms with Gasteiger partial charge in [0.15, 0.2) is 0 Å². The number of halogens is 1. The van der Waals surface area contributed by atoms with Gasteiger partial charge in [-0.3, -0.25) is 0 Å². The lowest BCUT2D eigenvalue weighted by atomic mass is 9.89. The highest BCUT2D eigenvalue weighted by Gasteiger charge is 2.34. The minimum atomic E-state index is -0.850. The minimum absolute atomic E-state index is 0.631. The van der Waals surface area contributed by atoms with Crippen LogP contribution in [0.3, 0.4) is 0 Å². The molecule has 1 fully saturated rings. The van der Waals surface area contributed by atoms with Crippen LogP contribution in [-0.2, 0) is 5.60 Å². The lowest BCUT2D eigenvalue weighted by molar-refractivity contribution is 0.0393. The molecule has 2 rings (SSSR count). The third kappa shape index (κ3) is 2.50. The average Bonchev–Trinajstić information content (AvgIpc) is 3.01. The third-order valence-corrected chi connectivity index (χ3v) is 3.36. The highest BCUT2D eigenvalue weighted by molar-refractivity contribution is 6.30. The highest BCUT2D eigenvalue weighted by Crippen LogP contribution is 2.43. The Morgan fingerprint density at radius 1 is 1.50 bits per heavy atom. The second kappa shape index (κ2) is 4.27. The molecule has 1 saturated carbocycles. The van der Waals surface area contributed by atoms with Crippen LogP contribution < -0.4 is 4.74 Å². The molecule has 1 aromatic rings. The van der Waals surface area contributed by atoms with E-state index in [1.165, 1.54) is 12.8 Å². The maximum absolute atomic E-state index is 10.5. The number of ether oxygens (including phenoxy) is 1. The molecule has 0 saturated heterocycles. The predicted molar refractivity (Wildman–Crippen MR) is 64.9 cm³/mol. The summed E-state index contributed by atoms with van der Waals surface area (Å²) in [6, 6.07) is 5.37. The lowest BCUT2D eigenvalue weighted by Crippen LogP contribution is -2.22. The molecule has 0 heterocycles. The van der Waals surface area contributed by atoms with Gasteiger partial charge in [0.05, 0.1) is 12.7 Å². The summed E-state index contributed by atoms with van der Waals surface area (Å²) in [5, 5.41) is 11.1. The van der Waals surface area contributed by atoms with Crippen molar-refractivity contribution in [1.29, 1.82) is 0 Å². The lowest BCUT2D eigenvalue weighted by Gasteiger charge is -2.26. The average molecular weight is 241 g/mol. The molecule has 1 aliphatic carbocycles. The topological polar surface area (TPSA) is 29.5 Å². The molecule has 1 unspecified atom stereocenters. The van der Waals surface area contributed by atoms with E-state index in [-0.39, 0.29) is 0 Å². The molecule has 16 heavy (non-hydrogen) atoms. The van der Waals surface area contributed by atoms with Gasteiger partial charge in [0.2, 0.25) is 0 Å². The molecule has 1 aromatic carbocycles. The summed E-state index contributed by atoms with van der Waals surface area (Å²) in [7, 11) is 1.61. The van der Waals surface area contributed by atoms with Crippen molar-refractivity contribution in [2.75, 3.05) is 7.11 Å². The Balaban J connectivity index is 2.31. The van der Waals surface area contributed by atoms with Crippen LogP contribution in [0.5, 0.6) is 5.75 Å². The number of aliphatic hydroxyl groups is 1. The molecule has 1 aliphatic rings. The first-order valence-corrected chi connectivity index (χ1v) is 5.97. The standard InChI is InChI=1S/C13H17ClO2/c1-13(15,8-9-3-4-9)11-7-10(14)5-6-12(11)16-2/h5-7,9,15H,3-4,8H2,1-2H3. The Morgan fingerprint density at radius 2 is 2.19 bits per heavy atom. The molecule has 88 valence electrons. The molecule has 1 N–H and O–H groups in total. The van der Waals surface area contributed by atoms with E-state index in [0.717, 1.165) is 12.0 Å². The number of hydrogen-bond acceptors (Lipinski definition) is 2. The SMILES string of the molecule is COc1ccc(Cl)cc1C(C)(O)CC1CC1. The van der Waals surface area contributed by atoms with Crippen LogP contribution in [0.25, 0.3) is 0 Å². The van der Waals surface area contributed by atoms with Crippen LogP contribution in [0.15, 0.2) is 18.2 Å². The smallest absolute Gasteiger partial charge is 0.125 e. The molecular weight excluding hydrogens is 224 g/mol. The van der Waals surface area contributed by atoms with Gasteiger partial charge in [-0.05, 0) is 37.5 Å². The molecule has 3 heteroatoms. The molecule has 0 amide bonds. The summed E-state index contributed by atoms with van der Waals surface area (Å²) in [5.41, 5.74) is -0.0633. The van der Waals surface area contributed by atoms with Gasteiger partial charge in [-0.25, -0.2) is 0 Å². The highest BCUT2D eigenvalue weighted by atomic mass is 35.5. The van der Waals surface area contributed by atoms with Gasteiger partial charge >= 0.3 is 0 Å². The maximum atomic E-state index is 10.5. The molecule has 2 nitrogen and oxygen atoms in total. The second-order valence-electron chi connectivity index (χ2n) is 4.77. The zero-order chi connectivity index (χ0) is 11.8. The summed E-state index contributed by atoms with van der Waals surface area (Å²) in [6.07, 6.45) is 3.22. The number of methoxy groups -OCH3 is 1. The molecule has 0 aromatic heterocycles. The largest absolute Gasteiger partial charge is 0.496 e. The zero-order valence-electron chi connectivity index (χ0n) is 9.66. The monoisotopic (exact) mass is 240 g/mol. The van der Waals surface area contributed by atoms with Crippen LogP contribution in [0.1, 0.15) is 31.7 Å². The normalized spacial score (nSPS) is 19.2. The maximum Gasteiger partial charge on any atom is 0.125 e. The van der Waals surface area contributed by atoms with Crippen molar-refractivity contribution in [3.63, 3.8) is 0 Å². The van der Waals surface area contributed by atoms with Gasteiger partial charge in [-0.1, -0.05) is 24.4 Å². The first-order valence-electron chi connectivity index (χ1n) is 5.59. The Bertz CT molecular complexity index is 384. The van der Waals surface area contributed by atoms with Crippen LogP contribution >= 0.6 is 11.6 Å². The quantitative estimate of drug-likeness (QED) is 0.875. The molecule has 0 radical (unpaired) electrons. The minimum Gasteiger partial charge on any atom is -0.496 e. The fourth-order valence-corrected chi connectivity index (χ4v) is 2.27. The van der Waals surface area contributed by atoms with Gasteiger partial charge < -0.3 is 9.84 Å². The van der Waals surface area contributed by atoms with Crippen LogP contribution in [0.2, 0.25) is 5.02 Å². The van der Waals surface area contributed by atoms with Crippen LogP contribution in [0.4, 0.5) is 0 Å². The molecule has 0 bridgehead atoms. The Kier molecular flexibility index (Phi) is 3.13. The molecular formula is C13H17ClO2. The first-order chi connectivity index (χ1) is 7.53. The van der Waals surface area contributed by atoms with E-state index < -0.39 is 5.60 Å². The van der Waals surface area contributed by atoms with Crippen molar-refractivity contribution in [3.05, 3.63) is 28.8 Å².